The Morgan fingerprint density at radius 2 is 1.19 bits per heavy atom. The summed E-state index contributed by atoms with van der Waals surface area (Å²) in [6, 6.07) is 10.6. The average Bonchev–Trinajstić information content (AvgIpc) is 2.80. The van der Waals surface area contributed by atoms with Crippen molar-refractivity contribution >= 4 is 11.1 Å². The van der Waals surface area contributed by atoms with E-state index in [0.717, 1.165) is 0 Å². The molecular formula is C25H24O7. The van der Waals surface area contributed by atoms with E-state index in [1.807, 2.05) is 0 Å². The number of rotatable bonds is 8. The van der Waals surface area contributed by atoms with Crippen molar-refractivity contribution in [1.29, 1.82) is 0 Å². The lowest BCUT2D eigenvalue weighted by atomic mass is 10.0. The minimum atomic E-state index is -0.913. The van der Waals surface area contributed by atoms with Gasteiger partial charge in [-0.3, -0.25) is 0 Å². The van der Waals surface area contributed by atoms with Gasteiger partial charge in [-0.2, -0.15) is 0 Å². The largest absolute Gasteiger partial charge is 0.490 e. The van der Waals surface area contributed by atoms with Gasteiger partial charge in [-0.1, -0.05) is 25.3 Å². The van der Waals surface area contributed by atoms with Crippen LogP contribution < -0.4 is 18.9 Å². The van der Waals surface area contributed by atoms with Crippen molar-refractivity contribution in [3.63, 3.8) is 0 Å². The normalized spacial score (nSPS) is 14.6. The van der Waals surface area contributed by atoms with Gasteiger partial charge in [0.1, 0.15) is 67.0 Å². The summed E-state index contributed by atoms with van der Waals surface area (Å²) in [6.07, 6.45) is 2.39. The molecule has 3 N–H and O–H groups in total. The van der Waals surface area contributed by atoms with Crippen molar-refractivity contribution in [2.45, 2.75) is 6.10 Å². The summed E-state index contributed by atoms with van der Waals surface area (Å²) in [6.45, 7) is 7.53. The van der Waals surface area contributed by atoms with E-state index in [4.69, 9.17) is 18.9 Å². The lowest BCUT2D eigenvalue weighted by Crippen LogP contribution is -2.25. The molecule has 0 fully saturated rings. The quantitative estimate of drug-likeness (QED) is 0.585. The number of aliphatic hydroxyl groups is 3. The standard InChI is InChI=1S/C25H24O7/c1-15-9-18(11-26)31-22-7-3-5-20(24(15)22)29-13-17(28)14-30-21-6-4-8-23-25(21)16(2)10-19(12-27)32-23/h3-10,17,26-28H,1-2,11-14H2. The summed E-state index contributed by atoms with van der Waals surface area (Å²) >= 11 is 0. The van der Waals surface area contributed by atoms with Crippen LogP contribution in [-0.4, -0.2) is 47.9 Å². The molecular weight excluding hydrogens is 412 g/mol. The number of hydrogen-bond donors (Lipinski definition) is 3. The summed E-state index contributed by atoms with van der Waals surface area (Å²) in [7, 11) is 0. The Balaban J connectivity index is 1.40. The first-order chi connectivity index (χ1) is 15.5. The third-order valence-corrected chi connectivity index (χ3v) is 4.94. The van der Waals surface area contributed by atoms with Crippen molar-refractivity contribution in [3.8, 4) is 23.0 Å². The van der Waals surface area contributed by atoms with Gasteiger partial charge in [0.25, 0.3) is 0 Å². The predicted octanol–water partition coefficient (Wildman–Crippen LogP) is 3.07. The van der Waals surface area contributed by atoms with E-state index >= 15 is 0 Å². The number of ether oxygens (including phenoxy) is 4. The topological polar surface area (TPSA) is 97.6 Å². The Labute approximate surface area is 185 Å². The van der Waals surface area contributed by atoms with Crippen LogP contribution in [0, 0.1) is 0 Å². The molecule has 2 heterocycles. The Bertz CT molecular complexity index is 1030. The second kappa shape index (κ2) is 9.32. The van der Waals surface area contributed by atoms with Crippen LogP contribution in [0.25, 0.3) is 11.1 Å². The Morgan fingerprint density at radius 3 is 1.59 bits per heavy atom. The number of fused-ring (bicyclic) bond motifs is 2. The fourth-order valence-electron chi connectivity index (χ4n) is 3.52. The monoisotopic (exact) mass is 436 g/mol. The molecule has 0 saturated carbocycles. The zero-order valence-corrected chi connectivity index (χ0v) is 17.4. The zero-order valence-electron chi connectivity index (χ0n) is 17.4. The van der Waals surface area contributed by atoms with Gasteiger partial charge in [0.2, 0.25) is 0 Å². The highest BCUT2D eigenvalue weighted by atomic mass is 16.5. The molecule has 0 aromatic heterocycles. The van der Waals surface area contributed by atoms with E-state index in [2.05, 4.69) is 13.2 Å². The van der Waals surface area contributed by atoms with E-state index in [1.54, 1.807) is 48.6 Å². The van der Waals surface area contributed by atoms with Crippen LogP contribution in [0.2, 0.25) is 0 Å². The molecule has 0 radical (unpaired) electrons. The van der Waals surface area contributed by atoms with Crippen LogP contribution >= 0.6 is 0 Å². The van der Waals surface area contributed by atoms with Gasteiger partial charge in [-0.25, -0.2) is 0 Å². The van der Waals surface area contributed by atoms with Gasteiger partial charge < -0.3 is 34.3 Å². The third-order valence-electron chi connectivity index (χ3n) is 4.94. The summed E-state index contributed by atoms with van der Waals surface area (Å²) in [4.78, 5) is 0. The van der Waals surface area contributed by atoms with Crippen molar-refractivity contribution in [2.75, 3.05) is 26.4 Å². The van der Waals surface area contributed by atoms with Crippen LogP contribution in [0.5, 0.6) is 23.0 Å². The van der Waals surface area contributed by atoms with Crippen LogP contribution in [0.3, 0.4) is 0 Å². The number of benzene rings is 2. The predicted molar refractivity (Wildman–Crippen MR) is 120 cm³/mol. The van der Waals surface area contributed by atoms with Gasteiger partial charge in [-0.05, 0) is 47.6 Å². The van der Waals surface area contributed by atoms with E-state index in [-0.39, 0.29) is 26.4 Å². The van der Waals surface area contributed by atoms with Crippen LogP contribution in [0.4, 0.5) is 0 Å². The van der Waals surface area contributed by atoms with Crippen molar-refractivity contribution < 1.29 is 34.3 Å². The Kier molecular flexibility index (Phi) is 6.32. The maximum Gasteiger partial charge on any atom is 0.138 e. The number of hydrogen-bond acceptors (Lipinski definition) is 7. The molecule has 32 heavy (non-hydrogen) atoms. The molecule has 0 atom stereocenters. The van der Waals surface area contributed by atoms with Crippen LogP contribution in [-0.2, 0) is 0 Å². The maximum atomic E-state index is 10.4. The molecule has 2 aromatic carbocycles. The third kappa shape index (κ3) is 4.40. The number of aliphatic hydroxyl groups excluding tert-OH is 3. The average molecular weight is 436 g/mol. The van der Waals surface area contributed by atoms with Crippen LogP contribution in [0.1, 0.15) is 11.1 Å². The summed E-state index contributed by atoms with van der Waals surface area (Å²) in [5, 5.41) is 29.0. The Hall–Kier alpha value is -3.52. The first-order valence-corrected chi connectivity index (χ1v) is 10.1. The lowest BCUT2D eigenvalue weighted by molar-refractivity contribution is 0.0622. The fourth-order valence-corrected chi connectivity index (χ4v) is 3.52. The molecule has 4 rings (SSSR count). The molecule has 2 aliphatic heterocycles. The van der Waals surface area contributed by atoms with Gasteiger partial charge >= 0.3 is 0 Å². The first kappa shape index (κ1) is 21.7. The summed E-state index contributed by atoms with van der Waals surface area (Å²) in [5.74, 6) is 2.92. The number of allylic oxidation sites excluding steroid dienone is 4. The van der Waals surface area contributed by atoms with Gasteiger partial charge in [0.05, 0.1) is 11.1 Å². The molecule has 0 spiro atoms. The van der Waals surface area contributed by atoms with Gasteiger partial charge in [0, 0.05) is 0 Å². The minimum absolute atomic E-state index is 0.0126. The molecule has 7 nitrogen and oxygen atoms in total. The molecule has 0 aliphatic carbocycles. The second-order valence-electron chi connectivity index (χ2n) is 7.33. The summed E-state index contributed by atoms with van der Waals surface area (Å²) < 4.78 is 22.9. The van der Waals surface area contributed by atoms with Crippen molar-refractivity contribution in [3.05, 3.63) is 84.4 Å². The molecule has 0 saturated heterocycles. The molecule has 2 aromatic rings. The van der Waals surface area contributed by atoms with E-state index in [1.165, 1.54) is 0 Å². The highest BCUT2D eigenvalue weighted by Crippen LogP contribution is 2.40. The second-order valence-corrected chi connectivity index (χ2v) is 7.33. The molecule has 0 amide bonds. The van der Waals surface area contributed by atoms with E-state index < -0.39 is 6.10 Å². The molecule has 7 heteroatoms. The maximum absolute atomic E-state index is 10.4. The van der Waals surface area contributed by atoms with Crippen molar-refractivity contribution in [1.82, 2.24) is 0 Å². The van der Waals surface area contributed by atoms with Crippen LogP contribution in [0.15, 0.2) is 73.2 Å². The summed E-state index contributed by atoms with van der Waals surface area (Å²) in [5.41, 5.74) is 2.66. The first-order valence-electron chi connectivity index (χ1n) is 10.1. The van der Waals surface area contributed by atoms with Gasteiger partial charge in [-0.15, -0.1) is 0 Å². The highest BCUT2D eigenvalue weighted by molar-refractivity contribution is 5.83. The molecule has 166 valence electrons. The molecule has 0 bridgehead atoms. The Morgan fingerprint density at radius 1 is 0.750 bits per heavy atom. The minimum Gasteiger partial charge on any atom is -0.490 e. The van der Waals surface area contributed by atoms with E-state index in [9.17, 15) is 15.3 Å². The molecule has 0 unspecified atom stereocenters. The lowest BCUT2D eigenvalue weighted by Gasteiger charge is -2.23. The smallest absolute Gasteiger partial charge is 0.138 e. The SMILES string of the molecule is C=C1C=C(CO)Oc2cccc(OCC(O)COc3cccc4c3C(=C)C=C(CO)O4)c21. The van der Waals surface area contributed by atoms with Gasteiger partial charge in [0.15, 0.2) is 0 Å². The zero-order chi connectivity index (χ0) is 22.7. The van der Waals surface area contributed by atoms with Crippen molar-refractivity contribution in [2.24, 2.45) is 0 Å². The van der Waals surface area contributed by atoms with E-state index in [0.29, 0.717) is 56.8 Å². The fraction of sp³-hybridized carbons (Fsp3) is 0.200. The highest BCUT2D eigenvalue weighted by Gasteiger charge is 2.22. The molecule has 2 aliphatic rings.